The van der Waals surface area contributed by atoms with Gasteiger partial charge in [0.2, 0.25) is 0 Å². The summed E-state index contributed by atoms with van der Waals surface area (Å²) in [4.78, 5) is 25.0. The number of nitrogens with one attached hydrogen (secondary N) is 1. The Morgan fingerprint density at radius 1 is 0.853 bits per heavy atom. The van der Waals surface area contributed by atoms with Gasteiger partial charge in [0.15, 0.2) is 0 Å². The van der Waals surface area contributed by atoms with Crippen LogP contribution in [0, 0.1) is 13.8 Å². The highest BCUT2D eigenvalue weighted by Crippen LogP contribution is 2.38. The Balaban J connectivity index is 2.39. The van der Waals surface area contributed by atoms with E-state index in [-0.39, 0.29) is 5.92 Å². The lowest BCUT2D eigenvalue weighted by molar-refractivity contribution is -0.150. The van der Waals surface area contributed by atoms with Crippen molar-refractivity contribution in [1.82, 2.24) is 5.32 Å². The van der Waals surface area contributed by atoms with Gasteiger partial charge < -0.3 is 24.3 Å². The average Bonchev–Trinajstić information content (AvgIpc) is 2.74. The van der Waals surface area contributed by atoms with Gasteiger partial charge in [-0.2, -0.15) is 0 Å². The fraction of sp³-hybridized carbons (Fsp3) is 0.481. The van der Waals surface area contributed by atoms with Gasteiger partial charge in [0.05, 0.1) is 14.2 Å². The van der Waals surface area contributed by atoms with Crippen LogP contribution >= 0.6 is 0 Å². The first kappa shape index (κ1) is 27.0. The molecule has 7 nitrogen and oxygen atoms in total. The number of ether oxygens (including phenoxy) is 4. The maximum Gasteiger partial charge on any atom is 0.408 e. The maximum atomic E-state index is 12.9. The molecular weight excluding hydrogens is 434 g/mol. The second-order valence-corrected chi connectivity index (χ2v) is 9.34. The van der Waals surface area contributed by atoms with E-state index in [1.54, 1.807) is 41.9 Å². The van der Waals surface area contributed by atoms with E-state index < -0.39 is 29.8 Å². The Labute approximate surface area is 202 Å². The first-order valence-electron chi connectivity index (χ1n) is 11.4. The van der Waals surface area contributed by atoms with Gasteiger partial charge in [0.1, 0.15) is 29.2 Å². The lowest BCUT2D eigenvalue weighted by Gasteiger charge is -2.29. The molecule has 1 unspecified atom stereocenters. The number of alkyl carbamates (subject to hydrolysis) is 1. The monoisotopic (exact) mass is 471 g/mol. The third-order valence-electron chi connectivity index (χ3n) is 5.62. The number of benzene rings is 2. The van der Waals surface area contributed by atoms with Crippen molar-refractivity contribution >= 4 is 12.1 Å². The quantitative estimate of drug-likeness (QED) is 0.526. The van der Waals surface area contributed by atoms with Crippen LogP contribution in [0.15, 0.2) is 36.4 Å². The van der Waals surface area contributed by atoms with E-state index in [0.29, 0.717) is 0 Å². The highest BCUT2D eigenvalue weighted by Gasteiger charge is 2.31. The SMILES string of the molecule is COc1cccc(C(c2cccc(OC)c2C)C(C)OC(=O)[C@H](C)NC(=O)OC(C)(C)C)c1C. The summed E-state index contributed by atoms with van der Waals surface area (Å²) in [5.74, 6) is 0.662. The lowest BCUT2D eigenvalue weighted by Crippen LogP contribution is -2.43. The van der Waals surface area contributed by atoms with E-state index in [2.05, 4.69) is 5.32 Å². The fourth-order valence-electron chi connectivity index (χ4n) is 3.95. The van der Waals surface area contributed by atoms with E-state index in [9.17, 15) is 9.59 Å². The summed E-state index contributed by atoms with van der Waals surface area (Å²) in [5.41, 5.74) is 3.20. The predicted octanol–water partition coefficient (Wildman–Crippen LogP) is 5.30. The molecule has 2 rings (SSSR count). The van der Waals surface area contributed by atoms with Crippen molar-refractivity contribution in [2.24, 2.45) is 0 Å². The van der Waals surface area contributed by atoms with Crippen LogP contribution in [0.25, 0.3) is 0 Å². The number of rotatable bonds is 8. The normalized spacial score (nSPS) is 13.1. The summed E-state index contributed by atoms with van der Waals surface area (Å²) in [6.45, 7) is 12.7. The summed E-state index contributed by atoms with van der Waals surface area (Å²) < 4.78 is 22.2. The second kappa shape index (κ2) is 11.3. The minimum atomic E-state index is -0.879. The molecule has 0 saturated heterocycles. The molecule has 0 bridgehead atoms. The molecular formula is C27H37NO6. The Morgan fingerprint density at radius 3 is 1.74 bits per heavy atom. The Hall–Kier alpha value is -3.22. The maximum absolute atomic E-state index is 12.9. The second-order valence-electron chi connectivity index (χ2n) is 9.34. The Bertz CT molecular complexity index is 957. The van der Waals surface area contributed by atoms with Gasteiger partial charge in [-0.1, -0.05) is 24.3 Å². The third-order valence-corrected chi connectivity index (χ3v) is 5.62. The molecule has 0 aliphatic carbocycles. The Morgan fingerprint density at radius 2 is 1.32 bits per heavy atom. The molecule has 0 spiro atoms. The molecule has 1 amide bonds. The molecule has 0 fully saturated rings. The molecule has 34 heavy (non-hydrogen) atoms. The number of hydrogen-bond donors (Lipinski definition) is 1. The van der Waals surface area contributed by atoms with Gasteiger partial charge >= 0.3 is 12.1 Å². The minimum Gasteiger partial charge on any atom is -0.496 e. The number of methoxy groups -OCH3 is 2. The lowest BCUT2D eigenvalue weighted by atomic mass is 9.82. The molecule has 2 aromatic carbocycles. The van der Waals surface area contributed by atoms with Gasteiger partial charge in [-0.25, -0.2) is 9.59 Å². The number of amides is 1. The number of hydrogen-bond acceptors (Lipinski definition) is 6. The number of carbonyl (C=O) groups is 2. The Kier molecular flexibility index (Phi) is 8.96. The van der Waals surface area contributed by atoms with E-state index >= 15 is 0 Å². The first-order chi connectivity index (χ1) is 15.9. The van der Waals surface area contributed by atoms with Crippen molar-refractivity contribution in [2.75, 3.05) is 14.2 Å². The first-order valence-corrected chi connectivity index (χ1v) is 11.4. The van der Waals surface area contributed by atoms with Gasteiger partial charge in [0, 0.05) is 5.92 Å². The van der Waals surface area contributed by atoms with Crippen molar-refractivity contribution in [2.45, 2.75) is 72.1 Å². The highest BCUT2D eigenvalue weighted by atomic mass is 16.6. The minimum absolute atomic E-state index is 0.289. The van der Waals surface area contributed by atoms with Crippen molar-refractivity contribution < 1.29 is 28.5 Å². The zero-order chi connectivity index (χ0) is 25.6. The molecule has 0 aliphatic heterocycles. The van der Waals surface area contributed by atoms with Crippen LogP contribution in [-0.4, -0.2) is 44.0 Å². The van der Waals surface area contributed by atoms with Crippen LogP contribution < -0.4 is 14.8 Å². The third kappa shape index (κ3) is 6.65. The highest BCUT2D eigenvalue weighted by molar-refractivity contribution is 5.81. The number of esters is 1. The van der Waals surface area contributed by atoms with Crippen LogP contribution in [0.3, 0.4) is 0 Å². The van der Waals surface area contributed by atoms with Crippen molar-refractivity contribution in [3.63, 3.8) is 0 Å². The van der Waals surface area contributed by atoms with Crippen LogP contribution in [0.4, 0.5) is 4.79 Å². The van der Waals surface area contributed by atoms with Crippen LogP contribution in [-0.2, 0) is 14.3 Å². The van der Waals surface area contributed by atoms with Gasteiger partial charge in [-0.05, 0) is 82.9 Å². The van der Waals surface area contributed by atoms with Crippen LogP contribution in [0.2, 0.25) is 0 Å². The topological polar surface area (TPSA) is 83.1 Å². The van der Waals surface area contributed by atoms with Crippen LogP contribution in [0.5, 0.6) is 11.5 Å². The average molecular weight is 472 g/mol. The number of carbonyl (C=O) groups excluding carboxylic acids is 2. The van der Waals surface area contributed by atoms with Crippen molar-refractivity contribution in [1.29, 1.82) is 0 Å². The summed E-state index contributed by atoms with van der Waals surface area (Å²) in [6, 6.07) is 10.8. The molecule has 0 heterocycles. The zero-order valence-corrected chi connectivity index (χ0v) is 21.6. The zero-order valence-electron chi connectivity index (χ0n) is 21.6. The predicted molar refractivity (Wildman–Crippen MR) is 132 cm³/mol. The molecule has 0 radical (unpaired) electrons. The summed E-state index contributed by atoms with van der Waals surface area (Å²) in [7, 11) is 3.26. The molecule has 2 aromatic rings. The van der Waals surface area contributed by atoms with E-state index in [0.717, 1.165) is 33.8 Å². The van der Waals surface area contributed by atoms with E-state index in [1.165, 1.54) is 0 Å². The molecule has 1 N–H and O–H groups in total. The van der Waals surface area contributed by atoms with Gasteiger partial charge in [0.25, 0.3) is 0 Å². The van der Waals surface area contributed by atoms with Crippen molar-refractivity contribution in [3.05, 3.63) is 58.7 Å². The van der Waals surface area contributed by atoms with Crippen LogP contribution in [0.1, 0.15) is 62.8 Å². The molecule has 2 atom stereocenters. The van der Waals surface area contributed by atoms with Gasteiger partial charge in [-0.15, -0.1) is 0 Å². The molecule has 7 heteroatoms. The molecule has 0 saturated carbocycles. The summed E-state index contributed by atoms with van der Waals surface area (Å²) in [6.07, 6.45) is -1.22. The summed E-state index contributed by atoms with van der Waals surface area (Å²) in [5, 5.41) is 2.54. The van der Waals surface area contributed by atoms with Gasteiger partial charge in [-0.3, -0.25) is 0 Å². The summed E-state index contributed by atoms with van der Waals surface area (Å²) >= 11 is 0. The fourth-order valence-corrected chi connectivity index (χ4v) is 3.95. The van der Waals surface area contributed by atoms with E-state index in [4.69, 9.17) is 18.9 Å². The smallest absolute Gasteiger partial charge is 0.408 e. The molecule has 186 valence electrons. The molecule has 0 aliphatic rings. The largest absolute Gasteiger partial charge is 0.496 e. The van der Waals surface area contributed by atoms with E-state index in [1.807, 2.05) is 57.2 Å². The molecule has 0 aromatic heterocycles. The van der Waals surface area contributed by atoms with Crippen molar-refractivity contribution in [3.8, 4) is 11.5 Å². The standard InChI is InChI=1S/C27H37NO6/c1-16-20(12-10-14-22(16)31-8)24(21-13-11-15-23(32-9)17(21)2)19(4)33-25(29)18(3)28-26(30)34-27(5,6)7/h10-15,18-19,24H,1-9H3,(H,28,30)/t18-,19?/m0/s1.